The molecule has 4 nitrogen and oxygen atoms in total. The Labute approximate surface area is 160 Å². The third-order valence-electron chi connectivity index (χ3n) is 5.45. The number of carbonyl (C=O) groups is 2. The van der Waals surface area contributed by atoms with Crippen LogP contribution in [-0.4, -0.2) is 30.1 Å². The summed E-state index contributed by atoms with van der Waals surface area (Å²) in [6, 6.07) is 0. The highest BCUT2D eigenvalue weighted by atomic mass is 16.5. The van der Waals surface area contributed by atoms with Crippen LogP contribution in [0.15, 0.2) is 0 Å². The van der Waals surface area contributed by atoms with Crippen LogP contribution in [0.1, 0.15) is 109 Å². The highest BCUT2D eigenvalue weighted by Crippen LogP contribution is 2.20. The summed E-state index contributed by atoms with van der Waals surface area (Å²) in [6.45, 7) is 1.67. The van der Waals surface area contributed by atoms with E-state index in [1.54, 1.807) is 0 Å². The molecule has 0 radical (unpaired) electrons. The van der Waals surface area contributed by atoms with Gasteiger partial charge in [0.05, 0.1) is 0 Å². The summed E-state index contributed by atoms with van der Waals surface area (Å²) in [5.74, 6) is 0.363. The van der Waals surface area contributed by atoms with Gasteiger partial charge in [0.2, 0.25) is 0 Å². The molecule has 0 aromatic carbocycles. The van der Waals surface area contributed by atoms with Crippen molar-refractivity contribution in [3.8, 4) is 0 Å². The van der Waals surface area contributed by atoms with E-state index in [-0.39, 0.29) is 0 Å². The zero-order valence-electron chi connectivity index (χ0n) is 16.7. The van der Waals surface area contributed by atoms with E-state index in [9.17, 15) is 9.59 Å². The van der Waals surface area contributed by atoms with Gasteiger partial charge in [0, 0.05) is 32.5 Å². The van der Waals surface area contributed by atoms with Gasteiger partial charge in [0.1, 0.15) is 5.78 Å². The van der Waals surface area contributed by atoms with Gasteiger partial charge in [0.15, 0.2) is 0 Å². The minimum Gasteiger partial charge on any atom is -0.481 e. The molecule has 0 unspecified atom stereocenters. The molecule has 4 heteroatoms. The van der Waals surface area contributed by atoms with Gasteiger partial charge in [-0.1, -0.05) is 64.2 Å². The predicted molar refractivity (Wildman–Crippen MR) is 105 cm³/mol. The van der Waals surface area contributed by atoms with Gasteiger partial charge in [-0.05, 0) is 31.6 Å². The van der Waals surface area contributed by atoms with Crippen LogP contribution in [0.3, 0.4) is 0 Å². The van der Waals surface area contributed by atoms with E-state index in [0.29, 0.717) is 18.1 Å². The van der Waals surface area contributed by atoms with Gasteiger partial charge in [-0.3, -0.25) is 9.59 Å². The normalized spacial score (nSPS) is 15.2. The number of carboxylic acid groups (broad SMARTS) is 1. The first-order chi connectivity index (χ1) is 12.7. The summed E-state index contributed by atoms with van der Waals surface area (Å²) >= 11 is 0. The fraction of sp³-hybridized carbons (Fsp3) is 0.909. The molecular weight excluding hydrogens is 328 g/mol. The molecule has 1 aliphatic rings. The van der Waals surface area contributed by atoms with E-state index in [1.807, 2.05) is 0 Å². The molecule has 1 rings (SSSR count). The van der Waals surface area contributed by atoms with Gasteiger partial charge in [-0.15, -0.1) is 0 Å². The zero-order valence-corrected chi connectivity index (χ0v) is 16.7. The Kier molecular flexibility index (Phi) is 14.5. The monoisotopic (exact) mass is 368 g/mol. The van der Waals surface area contributed by atoms with Gasteiger partial charge < -0.3 is 9.84 Å². The van der Waals surface area contributed by atoms with Crippen LogP contribution < -0.4 is 0 Å². The van der Waals surface area contributed by atoms with Crippen molar-refractivity contribution in [1.82, 2.24) is 0 Å². The molecule has 1 saturated heterocycles. The molecule has 0 aliphatic carbocycles. The molecular formula is C22H40O4. The molecule has 0 atom stereocenters. The largest absolute Gasteiger partial charge is 0.481 e. The molecule has 1 aliphatic heterocycles. The van der Waals surface area contributed by atoms with Crippen molar-refractivity contribution in [2.75, 3.05) is 13.2 Å². The number of Topliss-reactive ketones (excluding diaryl/α,β-unsaturated/α-hetero) is 1. The van der Waals surface area contributed by atoms with E-state index in [1.165, 1.54) is 57.8 Å². The molecule has 0 aromatic heterocycles. The van der Waals surface area contributed by atoms with E-state index in [0.717, 1.165) is 58.2 Å². The van der Waals surface area contributed by atoms with Crippen LogP contribution >= 0.6 is 0 Å². The second-order valence-corrected chi connectivity index (χ2v) is 7.93. The van der Waals surface area contributed by atoms with E-state index in [2.05, 4.69) is 0 Å². The van der Waals surface area contributed by atoms with E-state index < -0.39 is 5.97 Å². The quantitative estimate of drug-likeness (QED) is 0.324. The van der Waals surface area contributed by atoms with Crippen molar-refractivity contribution < 1.29 is 19.4 Å². The predicted octanol–water partition coefficient (Wildman–Crippen LogP) is 5.92. The van der Waals surface area contributed by atoms with Crippen molar-refractivity contribution in [3.05, 3.63) is 0 Å². The molecule has 26 heavy (non-hydrogen) atoms. The average Bonchev–Trinajstić information content (AvgIpc) is 2.62. The Balaban J connectivity index is 1.75. The lowest BCUT2D eigenvalue weighted by atomic mass is 9.92. The fourth-order valence-electron chi connectivity index (χ4n) is 3.74. The highest BCUT2D eigenvalue weighted by Gasteiger charge is 2.16. The van der Waals surface area contributed by atoms with E-state index >= 15 is 0 Å². The molecule has 1 heterocycles. The van der Waals surface area contributed by atoms with Crippen molar-refractivity contribution in [3.63, 3.8) is 0 Å². The molecule has 1 N–H and O–H groups in total. The van der Waals surface area contributed by atoms with Crippen molar-refractivity contribution in [2.45, 2.75) is 109 Å². The number of unbranched alkanes of at least 4 members (excludes halogenated alkanes) is 11. The van der Waals surface area contributed by atoms with Crippen LogP contribution in [0.4, 0.5) is 0 Å². The van der Waals surface area contributed by atoms with Gasteiger partial charge >= 0.3 is 5.97 Å². The topological polar surface area (TPSA) is 63.6 Å². The lowest BCUT2D eigenvalue weighted by Crippen LogP contribution is -2.18. The number of hydrogen-bond acceptors (Lipinski definition) is 3. The Bertz CT molecular complexity index is 361. The maximum atomic E-state index is 12.0. The third kappa shape index (κ3) is 14.3. The van der Waals surface area contributed by atoms with Crippen LogP contribution in [0.5, 0.6) is 0 Å². The van der Waals surface area contributed by atoms with Crippen LogP contribution in [-0.2, 0) is 14.3 Å². The number of ether oxygens (including phenoxy) is 1. The SMILES string of the molecule is O=C(O)CCCCCCCCCCCCCCC(=O)CC1CCOCC1. The summed E-state index contributed by atoms with van der Waals surface area (Å²) in [7, 11) is 0. The van der Waals surface area contributed by atoms with E-state index in [4.69, 9.17) is 9.84 Å². The summed E-state index contributed by atoms with van der Waals surface area (Å²) < 4.78 is 5.34. The van der Waals surface area contributed by atoms with Crippen molar-refractivity contribution in [1.29, 1.82) is 0 Å². The number of carbonyl (C=O) groups excluding carboxylic acids is 1. The number of hydrogen-bond donors (Lipinski definition) is 1. The van der Waals surface area contributed by atoms with Gasteiger partial charge in [0.25, 0.3) is 0 Å². The van der Waals surface area contributed by atoms with Crippen LogP contribution in [0.2, 0.25) is 0 Å². The Morgan fingerprint density at radius 2 is 1.12 bits per heavy atom. The first kappa shape index (κ1) is 23.1. The molecule has 0 bridgehead atoms. The highest BCUT2D eigenvalue weighted by molar-refractivity contribution is 5.78. The maximum absolute atomic E-state index is 12.0. The van der Waals surface area contributed by atoms with Gasteiger partial charge in [-0.25, -0.2) is 0 Å². The smallest absolute Gasteiger partial charge is 0.303 e. The summed E-state index contributed by atoms with van der Waals surface area (Å²) in [4.78, 5) is 22.4. The number of rotatable bonds is 17. The molecule has 0 aromatic rings. The maximum Gasteiger partial charge on any atom is 0.303 e. The number of aliphatic carboxylic acids is 1. The summed E-state index contributed by atoms with van der Waals surface area (Å²) in [5, 5.41) is 8.56. The average molecular weight is 369 g/mol. The Morgan fingerprint density at radius 3 is 1.58 bits per heavy atom. The Morgan fingerprint density at radius 1 is 0.692 bits per heavy atom. The Hall–Kier alpha value is -0.900. The number of carboxylic acids is 1. The molecule has 0 saturated carbocycles. The second kappa shape index (κ2) is 16.3. The van der Waals surface area contributed by atoms with Crippen LogP contribution in [0.25, 0.3) is 0 Å². The first-order valence-corrected chi connectivity index (χ1v) is 11.0. The fourth-order valence-corrected chi connectivity index (χ4v) is 3.74. The lowest BCUT2D eigenvalue weighted by molar-refractivity contribution is -0.137. The lowest BCUT2D eigenvalue weighted by Gasteiger charge is -2.21. The standard InChI is InChI=1S/C22H40O4/c23-21(19-20-15-17-26-18-16-20)13-11-9-7-5-3-1-2-4-6-8-10-12-14-22(24)25/h20H,1-19H2,(H,24,25). The first-order valence-electron chi connectivity index (χ1n) is 11.0. The zero-order chi connectivity index (χ0) is 18.9. The molecule has 0 amide bonds. The molecule has 1 fully saturated rings. The van der Waals surface area contributed by atoms with Crippen molar-refractivity contribution >= 4 is 11.8 Å². The molecule has 152 valence electrons. The summed E-state index contributed by atoms with van der Waals surface area (Å²) in [6.07, 6.45) is 18.4. The third-order valence-corrected chi connectivity index (χ3v) is 5.45. The van der Waals surface area contributed by atoms with Gasteiger partial charge in [-0.2, -0.15) is 0 Å². The summed E-state index contributed by atoms with van der Waals surface area (Å²) in [5.41, 5.74) is 0. The number of ketones is 1. The minimum atomic E-state index is -0.673. The molecule has 0 spiro atoms. The second-order valence-electron chi connectivity index (χ2n) is 7.93. The van der Waals surface area contributed by atoms with Crippen molar-refractivity contribution in [2.24, 2.45) is 5.92 Å². The van der Waals surface area contributed by atoms with Crippen LogP contribution in [0, 0.1) is 5.92 Å². The minimum absolute atomic E-state index is 0.321.